The van der Waals surface area contributed by atoms with Crippen LogP contribution in [-0.4, -0.2) is 22.2 Å². The summed E-state index contributed by atoms with van der Waals surface area (Å²) in [5.74, 6) is 0.660. The van der Waals surface area contributed by atoms with Crippen LogP contribution in [0.1, 0.15) is 32.2 Å². The fraction of sp³-hybridized carbons (Fsp3) is 0.750. The van der Waals surface area contributed by atoms with Crippen LogP contribution in [-0.2, 0) is 13.1 Å². The predicted molar refractivity (Wildman–Crippen MR) is 76.5 cm³/mol. The molecule has 17 heavy (non-hydrogen) atoms. The number of alkyl halides is 1. The highest BCUT2D eigenvalue weighted by atomic mass is 79.9. The summed E-state index contributed by atoms with van der Waals surface area (Å²) in [6.07, 6.45) is 0. The summed E-state index contributed by atoms with van der Waals surface area (Å²) >= 11 is 9.49. The lowest BCUT2D eigenvalue weighted by molar-refractivity contribution is 0.381. The van der Waals surface area contributed by atoms with E-state index in [0.29, 0.717) is 5.88 Å². The molecule has 0 amide bonds. The average Bonchev–Trinajstić information content (AvgIpc) is 2.56. The summed E-state index contributed by atoms with van der Waals surface area (Å²) in [7, 11) is 0. The number of nitrogens with zero attached hydrogens (tertiary/aromatic N) is 2. The van der Waals surface area contributed by atoms with Crippen LogP contribution >= 0.6 is 27.5 Å². The highest BCUT2D eigenvalue weighted by molar-refractivity contribution is 9.10. The van der Waals surface area contributed by atoms with E-state index in [9.17, 15) is 0 Å². The van der Waals surface area contributed by atoms with Gasteiger partial charge in [-0.1, -0.05) is 13.8 Å². The number of nitrogens with one attached hydrogen (secondary N) is 1. The van der Waals surface area contributed by atoms with Gasteiger partial charge in [0.05, 0.1) is 15.9 Å². The molecule has 1 aromatic rings. The SMILES string of the molecule is CCn1nc(C)c(Br)c1CNCC(C)(C)CCl. The molecule has 0 aliphatic rings. The molecule has 0 radical (unpaired) electrons. The molecule has 0 aromatic carbocycles. The van der Waals surface area contributed by atoms with Gasteiger partial charge in [-0.2, -0.15) is 5.10 Å². The van der Waals surface area contributed by atoms with Gasteiger partial charge in [-0.3, -0.25) is 4.68 Å². The van der Waals surface area contributed by atoms with Gasteiger partial charge in [0, 0.05) is 25.5 Å². The van der Waals surface area contributed by atoms with E-state index in [0.717, 1.165) is 29.8 Å². The topological polar surface area (TPSA) is 29.9 Å². The Kier molecular flexibility index (Phi) is 5.48. The molecule has 0 spiro atoms. The Balaban J connectivity index is 2.63. The lowest BCUT2D eigenvalue weighted by Gasteiger charge is -2.21. The van der Waals surface area contributed by atoms with Gasteiger partial charge in [0.15, 0.2) is 0 Å². The number of halogens is 2. The Morgan fingerprint density at radius 2 is 2.12 bits per heavy atom. The van der Waals surface area contributed by atoms with Crippen molar-refractivity contribution in [3.8, 4) is 0 Å². The molecule has 1 heterocycles. The Bertz CT molecular complexity index is 374. The fourth-order valence-electron chi connectivity index (χ4n) is 1.60. The van der Waals surface area contributed by atoms with E-state index in [1.165, 1.54) is 5.69 Å². The molecular formula is C12H21BrClN3. The van der Waals surface area contributed by atoms with Crippen LogP contribution in [0.3, 0.4) is 0 Å². The minimum atomic E-state index is 0.125. The largest absolute Gasteiger partial charge is 0.311 e. The summed E-state index contributed by atoms with van der Waals surface area (Å²) in [6, 6.07) is 0. The predicted octanol–water partition coefficient (Wildman–Crippen LogP) is 3.33. The van der Waals surface area contributed by atoms with Crippen LogP contribution in [0.4, 0.5) is 0 Å². The molecule has 1 aromatic heterocycles. The van der Waals surface area contributed by atoms with Gasteiger partial charge in [-0.05, 0) is 35.2 Å². The molecule has 0 fully saturated rings. The van der Waals surface area contributed by atoms with Crippen molar-refractivity contribution in [3.63, 3.8) is 0 Å². The number of aromatic nitrogens is 2. The van der Waals surface area contributed by atoms with Crippen molar-refractivity contribution in [2.24, 2.45) is 5.41 Å². The molecular weight excluding hydrogens is 302 g/mol. The van der Waals surface area contributed by atoms with Crippen LogP contribution in [0, 0.1) is 12.3 Å². The van der Waals surface area contributed by atoms with E-state index in [4.69, 9.17) is 11.6 Å². The van der Waals surface area contributed by atoms with Gasteiger partial charge >= 0.3 is 0 Å². The molecule has 0 aliphatic heterocycles. The first-order chi connectivity index (χ1) is 7.91. The van der Waals surface area contributed by atoms with Crippen molar-refractivity contribution in [2.75, 3.05) is 12.4 Å². The van der Waals surface area contributed by atoms with Crippen LogP contribution in [0.2, 0.25) is 0 Å². The van der Waals surface area contributed by atoms with Gasteiger partial charge in [0.25, 0.3) is 0 Å². The van der Waals surface area contributed by atoms with E-state index in [-0.39, 0.29) is 5.41 Å². The smallest absolute Gasteiger partial charge is 0.0739 e. The second-order valence-electron chi connectivity index (χ2n) is 5.06. The zero-order chi connectivity index (χ0) is 13.1. The van der Waals surface area contributed by atoms with Gasteiger partial charge in [0.2, 0.25) is 0 Å². The zero-order valence-electron chi connectivity index (χ0n) is 11.0. The van der Waals surface area contributed by atoms with Gasteiger partial charge in [-0.25, -0.2) is 0 Å². The van der Waals surface area contributed by atoms with E-state index < -0.39 is 0 Å². The van der Waals surface area contributed by atoms with Crippen LogP contribution < -0.4 is 5.32 Å². The minimum absolute atomic E-state index is 0.125. The lowest BCUT2D eigenvalue weighted by Crippen LogP contribution is -2.31. The highest BCUT2D eigenvalue weighted by Gasteiger charge is 2.17. The summed E-state index contributed by atoms with van der Waals surface area (Å²) in [5.41, 5.74) is 2.37. The first kappa shape index (κ1) is 15.0. The molecule has 0 bridgehead atoms. The van der Waals surface area contributed by atoms with Gasteiger partial charge < -0.3 is 5.32 Å². The van der Waals surface area contributed by atoms with E-state index in [2.05, 4.69) is 47.1 Å². The Labute approximate surface area is 117 Å². The maximum atomic E-state index is 5.90. The number of rotatable bonds is 6. The van der Waals surface area contributed by atoms with Crippen molar-refractivity contribution in [1.29, 1.82) is 0 Å². The summed E-state index contributed by atoms with van der Waals surface area (Å²) < 4.78 is 3.13. The first-order valence-electron chi connectivity index (χ1n) is 5.89. The Hall–Kier alpha value is -0.0600. The van der Waals surface area contributed by atoms with Gasteiger partial charge in [-0.15, -0.1) is 11.6 Å². The van der Waals surface area contributed by atoms with E-state index in [1.807, 2.05) is 11.6 Å². The van der Waals surface area contributed by atoms with Crippen molar-refractivity contribution in [2.45, 2.75) is 40.8 Å². The van der Waals surface area contributed by atoms with E-state index >= 15 is 0 Å². The molecule has 0 atom stereocenters. The minimum Gasteiger partial charge on any atom is -0.311 e. The molecule has 0 saturated heterocycles. The molecule has 1 N–H and O–H groups in total. The van der Waals surface area contributed by atoms with Crippen molar-refractivity contribution in [3.05, 3.63) is 15.9 Å². The lowest BCUT2D eigenvalue weighted by atomic mass is 9.96. The van der Waals surface area contributed by atoms with Crippen LogP contribution in [0.15, 0.2) is 4.47 Å². The summed E-state index contributed by atoms with van der Waals surface area (Å²) in [4.78, 5) is 0. The zero-order valence-corrected chi connectivity index (χ0v) is 13.3. The molecule has 0 aliphatic carbocycles. The second-order valence-corrected chi connectivity index (χ2v) is 6.12. The van der Waals surface area contributed by atoms with Crippen molar-refractivity contribution >= 4 is 27.5 Å². The summed E-state index contributed by atoms with van der Waals surface area (Å²) in [5, 5.41) is 7.91. The third-order valence-corrected chi connectivity index (χ3v) is 4.47. The quantitative estimate of drug-likeness (QED) is 0.814. The van der Waals surface area contributed by atoms with Crippen molar-refractivity contribution in [1.82, 2.24) is 15.1 Å². The molecule has 0 saturated carbocycles. The normalized spacial score (nSPS) is 12.1. The number of aryl methyl sites for hydroxylation is 2. The maximum Gasteiger partial charge on any atom is 0.0739 e. The third kappa shape index (κ3) is 3.97. The molecule has 98 valence electrons. The first-order valence-corrected chi connectivity index (χ1v) is 7.22. The third-order valence-electron chi connectivity index (χ3n) is 2.71. The average molecular weight is 323 g/mol. The monoisotopic (exact) mass is 321 g/mol. The fourth-order valence-corrected chi connectivity index (χ4v) is 2.12. The number of hydrogen-bond acceptors (Lipinski definition) is 2. The van der Waals surface area contributed by atoms with E-state index in [1.54, 1.807) is 0 Å². The standard InChI is InChI=1S/C12H21BrClN3/c1-5-17-10(11(13)9(2)16-17)6-15-8-12(3,4)7-14/h15H,5-8H2,1-4H3. The molecule has 0 unspecified atom stereocenters. The second kappa shape index (κ2) is 6.21. The van der Waals surface area contributed by atoms with Crippen LogP contribution in [0.5, 0.6) is 0 Å². The van der Waals surface area contributed by atoms with Crippen molar-refractivity contribution < 1.29 is 0 Å². The Morgan fingerprint density at radius 3 is 2.65 bits per heavy atom. The maximum absolute atomic E-state index is 5.90. The van der Waals surface area contributed by atoms with Crippen LogP contribution in [0.25, 0.3) is 0 Å². The summed E-state index contributed by atoms with van der Waals surface area (Å²) in [6.45, 7) is 11.0. The molecule has 3 nitrogen and oxygen atoms in total. The highest BCUT2D eigenvalue weighted by Crippen LogP contribution is 2.21. The molecule has 1 rings (SSSR count). The Morgan fingerprint density at radius 1 is 1.47 bits per heavy atom. The van der Waals surface area contributed by atoms with Gasteiger partial charge in [0.1, 0.15) is 0 Å². The molecule has 5 heteroatoms. The number of hydrogen-bond donors (Lipinski definition) is 1.